The molecule has 25 heavy (non-hydrogen) atoms. The van der Waals surface area contributed by atoms with Crippen LogP contribution >= 0.6 is 0 Å². The Morgan fingerprint density at radius 1 is 0.880 bits per heavy atom. The van der Waals surface area contributed by atoms with E-state index in [0.717, 1.165) is 24.0 Å². The molecule has 0 aliphatic rings. The highest BCUT2D eigenvalue weighted by Gasteiger charge is 2.20. The molecule has 4 N–H and O–H groups in total. The summed E-state index contributed by atoms with van der Waals surface area (Å²) in [5.41, 5.74) is 8.81. The van der Waals surface area contributed by atoms with Gasteiger partial charge in [-0.05, 0) is 48.2 Å². The molecule has 0 saturated carbocycles. The summed E-state index contributed by atoms with van der Waals surface area (Å²) >= 11 is 0. The van der Waals surface area contributed by atoms with Gasteiger partial charge in [0.15, 0.2) is 0 Å². The Kier molecular flexibility index (Phi) is 5.89. The van der Waals surface area contributed by atoms with Gasteiger partial charge in [0.1, 0.15) is 0 Å². The number of hydrogen-bond donors (Lipinski definition) is 3. The number of hydrogen-bond acceptors (Lipinski definition) is 4. The lowest BCUT2D eigenvalue weighted by Gasteiger charge is -2.14. The van der Waals surface area contributed by atoms with Gasteiger partial charge in [0.05, 0.1) is 0 Å². The second-order valence-electron chi connectivity index (χ2n) is 5.52. The highest BCUT2D eigenvalue weighted by atomic mass is 16.2. The van der Waals surface area contributed by atoms with Crippen molar-refractivity contribution >= 4 is 29.1 Å². The smallest absolute Gasteiger partial charge is 0.316 e. The fourth-order valence-corrected chi connectivity index (χ4v) is 2.44. The number of para-hydroxylation sites is 1. The first kappa shape index (κ1) is 18.2. The van der Waals surface area contributed by atoms with E-state index in [0.29, 0.717) is 11.4 Å². The van der Waals surface area contributed by atoms with E-state index in [1.165, 1.54) is 12.1 Å². The number of nitrogens with two attached hydrogens (primary N) is 1. The van der Waals surface area contributed by atoms with E-state index in [4.69, 9.17) is 5.73 Å². The zero-order valence-corrected chi connectivity index (χ0v) is 14.3. The summed E-state index contributed by atoms with van der Waals surface area (Å²) < 4.78 is 0. The first-order valence-electron chi connectivity index (χ1n) is 8.09. The molecule has 0 saturated heterocycles. The summed E-state index contributed by atoms with van der Waals surface area (Å²) in [5, 5.41) is 4.70. The highest BCUT2D eigenvalue weighted by Crippen LogP contribution is 2.22. The predicted octanol–water partition coefficient (Wildman–Crippen LogP) is 2.29. The Balaban J connectivity index is 2.09. The number of rotatable bonds is 4. The fraction of sp³-hybridized carbons (Fsp3) is 0.211. The molecular formula is C19H21N3O3. The van der Waals surface area contributed by atoms with Crippen molar-refractivity contribution in [2.75, 3.05) is 11.1 Å². The molecule has 0 unspecified atom stereocenters. The highest BCUT2D eigenvalue weighted by molar-refractivity contribution is 6.42. The van der Waals surface area contributed by atoms with Crippen LogP contribution in [0.15, 0.2) is 42.5 Å². The molecule has 2 aromatic rings. The van der Waals surface area contributed by atoms with Crippen molar-refractivity contribution in [1.29, 1.82) is 0 Å². The van der Waals surface area contributed by atoms with Crippen LogP contribution in [-0.4, -0.2) is 17.7 Å². The topological polar surface area (TPSA) is 101 Å². The van der Waals surface area contributed by atoms with E-state index < -0.39 is 17.7 Å². The maximum atomic E-state index is 12.2. The quantitative estimate of drug-likeness (QED) is 0.587. The van der Waals surface area contributed by atoms with Gasteiger partial charge in [0, 0.05) is 16.9 Å². The molecule has 0 heterocycles. The Morgan fingerprint density at radius 2 is 1.44 bits per heavy atom. The van der Waals surface area contributed by atoms with Crippen molar-refractivity contribution < 1.29 is 14.4 Å². The standard InChI is InChI=1S/C19H21N3O3/c1-3-12-6-5-7-13(4-2)16(12)21-18(24)19(25)22-17(23)14-8-10-15(20)11-9-14/h5-11H,3-4,20H2,1-2H3,(H,21,24)(H,22,23,25). The largest absolute Gasteiger partial charge is 0.399 e. The van der Waals surface area contributed by atoms with E-state index in [2.05, 4.69) is 10.6 Å². The normalized spacial score (nSPS) is 10.2. The maximum Gasteiger partial charge on any atom is 0.316 e. The lowest BCUT2D eigenvalue weighted by atomic mass is 10.0. The minimum absolute atomic E-state index is 0.249. The zero-order chi connectivity index (χ0) is 18.4. The summed E-state index contributed by atoms with van der Waals surface area (Å²) in [4.78, 5) is 36.2. The molecule has 2 rings (SSSR count). The van der Waals surface area contributed by atoms with Crippen molar-refractivity contribution in [3.8, 4) is 0 Å². The summed E-state index contributed by atoms with van der Waals surface area (Å²) in [6.45, 7) is 3.93. The van der Waals surface area contributed by atoms with Gasteiger partial charge in [-0.15, -0.1) is 0 Å². The molecule has 0 spiro atoms. The van der Waals surface area contributed by atoms with Crippen LogP contribution < -0.4 is 16.4 Å². The van der Waals surface area contributed by atoms with Crippen molar-refractivity contribution in [1.82, 2.24) is 5.32 Å². The van der Waals surface area contributed by atoms with Gasteiger partial charge in [-0.3, -0.25) is 19.7 Å². The minimum atomic E-state index is -1.00. The molecule has 0 atom stereocenters. The molecule has 2 aromatic carbocycles. The average Bonchev–Trinajstić information content (AvgIpc) is 2.62. The molecule has 0 bridgehead atoms. The van der Waals surface area contributed by atoms with E-state index in [1.807, 2.05) is 32.0 Å². The van der Waals surface area contributed by atoms with Crippen LogP contribution in [0.5, 0.6) is 0 Å². The van der Waals surface area contributed by atoms with E-state index in [9.17, 15) is 14.4 Å². The number of aryl methyl sites for hydroxylation is 2. The lowest BCUT2D eigenvalue weighted by molar-refractivity contribution is -0.135. The summed E-state index contributed by atoms with van der Waals surface area (Å²) in [5.74, 6) is -2.53. The molecule has 3 amide bonds. The number of carbonyl (C=O) groups is 3. The van der Waals surface area contributed by atoms with Gasteiger partial charge in [-0.25, -0.2) is 0 Å². The van der Waals surface area contributed by atoms with Gasteiger partial charge in [0.2, 0.25) is 0 Å². The number of anilines is 2. The molecule has 0 fully saturated rings. The number of nitrogen functional groups attached to an aromatic ring is 1. The number of imide groups is 1. The number of carbonyl (C=O) groups excluding carboxylic acids is 3. The SMILES string of the molecule is CCc1cccc(CC)c1NC(=O)C(=O)NC(=O)c1ccc(N)cc1. The van der Waals surface area contributed by atoms with Crippen LogP contribution in [0, 0.1) is 0 Å². The first-order chi connectivity index (χ1) is 12.0. The van der Waals surface area contributed by atoms with Crippen LogP contribution in [-0.2, 0) is 22.4 Å². The second kappa shape index (κ2) is 8.10. The van der Waals surface area contributed by atoms with Crippen molar-refractivity contribution in [2.45, 2.75) is 26.7 Å². The summed E-state index contributed by atoms with van der Waals surface area (Å²) in [6, 6.07) is 11.8. The van der Waals surface area contributed by atoms with Gasteiger partial charge >= 0.3 is 11.8 Å². The third-order valence-electron chi connectivity index (χ3n) is 3.84. The number of nitrogens with one attached hydrogen (secondary N) is 2. The van der Waals surface area contributed by atoms with Gasteiger partial charge in [-0.1, -0.05) is 32.0 Å². The predicted molar refractivity (Wildman–Crippen MR) is 97.2 cm³/mol. The number of amides is 3. The molecule has 0 radical (unpaired) electrons. The zero-order valence-electron chi connectivity index (χ0n) is 14.3. The first-order valence-corrected chi connectivity index (χ1v) is 8.09. The van der Waals surface area contributed by atoms with Gasteiger partial charge in [0.25, 0.3) is 5.91 Å². The average molecular weight is 339 g/mol. The van der Waals surface area contributed by atoms with E-state index >= 15 is 0 Å². The third kappa shape index (κ3) is 4.44. The lowest BCUT2D eigenvalue weighted by Crippen LogP contribution is -2.39. The van der Waals surface area contributed by atoms with Crippen LogP contribution in [0.3, 0.4) is 0 Å². The summed E-state index contributed by atoms with van der Waals surface area (Å²) in [6.07, 6.45) is 1.44. The monoisotopic (exact) mass is 339 g/mol. The third-order valence-corrected chi connectivity index (χ3v) is 3.84. The maximum absolute atomic E-state index is 12.2. The molecule has 130 valence electrons. The van der Waals surface area contributed by atoms with Crippen LogP contribution in [0.25, 0.3) is 0 Å². The Bertz CT molecular complexity index is 776. The van der Waals surface area contributed by atoms with Gasteiger partial charge < -0.3 is 11.1 Å². The Hall–Kier alpha value is -3.15. The van der Waals surface area contributed by atoms with Crippen LogP contribution in [0.2, 0.25) is 0 Å². The summed E-state index contributed by atoms with van der Waals surface area (Å²) in [7, 11) is 0. The van der Waals surface area contributed by atoms with Crippen LogP contribution in [0.4, 0.5) is 11.4 Å². The van der Waals surface area contributed by atoms with Crippen molar-refractivity contribution in [3.05, 3.63) is 59.2 Å². The Labute approximate surface area is 146 Å². The number of benzene rings is 2. The minimum Gasteiger partial charge on any atom is -0.399 e. The van der Waals surface area contributed by atoms with E-state index in [-0.39, 0.29) is 5.56 Å². The second-order valence-corrected chi connectivity index (χ2v) is 5.52. The van der Waals surface area contributed by atoms with E-state index in [1.54, 1.807) is 12.1 Å². The van der Waals surface area contributed by atoms with Gasteiger partial charge in [-0.2, -0.15) is 0 Å². The van der Waals surface area contributed by atoms with Crippen molar-refractivity contribution in [2.24, 2.45) is 0 Å². The molecular weight excluding hydrogens is 318 g/mol. The molecule has 6 nitrogen and oxygen atoms in total. The fourth-order valence-electron chi connectivity index (χ4n) is 2.44. The molecule has 0 aliphatic carbocycles. The molecule has 0 aliphatic heterocycles. The Morgan fingerprint density at radius 3 is 1.96 bits per heavy atom. The van der Waals surface area contributed by atoms with Crippen LogP contribution in [0.1, 0.15) is 35.3 Å². The molecule has 6 heteroatoms. The molecule has 0 aromatic heterocycles. The van der Waals surface area contributed by atoms with Crippen molar-refractivity contribution in [3.63, 3.8) is 0 Å².